The molecule has 0 N–H and O–H groups in total. The van der Waals surface area contributed by atoms with Gasteiger partial charge in [0.15, 0.2) is 0 Å². The summed E-state index contributed by atoms with van der Waals surface area (Å²) in [5, 5.41) is 0. The number of benzene rings is 1. The van der Waals surface area contributed by atoms with Gasteiger partial charge in [0.05, 0.1) is 4.87 Å². The van der Waals surface area contributed by atoms with E-state index in [1.807, 2.05) is 32.0 Å². The largest absolute Gasteiger partial charge is 0.115 e. The number of hydrogen-bond donors (Lipinski definition) is 0. The van der Waals surface area contributed by atoms with Crippen LogP contribution in [0.3, 0.4) is 0 Å². The summed E-state index contributed by atoms with van der Waals surface area (Å²) in [5.41, 5.74) is 2.38. The number of halogens is 1. The molecular formula is C12H15Cl. The molecule has 0 amide bonds. The summed E-state index contributed by atoms with van der Waals surface area (Å²) in [6.45, 7) is 6.06. The fraction of sp³-hybridized carbons (Fsp3) is 0.333. The molecule has 0 atom stereocenters. The zero-order valence-electron chi connectivity index (χ0n) is 8.34. The Morgan fingerprint density at radius 3 is 2.23 bits per heavy atom. The minimum Gasteiger partial charge on any atom is -0.115 e. The molecule has 0 spiro atoms. The molecular weight excluding hydrogens is 180 g/mol. The van der Waals surface area contributed by atoms with Crippen molar-refractivity contribution in [2.24, 2.45) is 0 Å². The van der Waals surface area contributed by atoms with Crippen molar-refractivity contribution in [3.63, 3.8) is 0 Å². The van der Waals surface area contributed by atoms with Crippen molar-refractivity contribution in [3.8, 4) is 0 Å². The van der Waals surface area contributed by atoms with Gasteiger partial charge in [-0.1, -0.05) is 42.0 Å². The number of alkyl halides is 1. The van der Waals surface area contributed by atoms with E-state index in [1.165, 1.54) is 11.1 Å². The van der Waals surface area contributed by atoms with E-state index in [1.54, 1.807) is 0 Å². The van der Waals surface area contributed by atoms with Crippen LogP contribution in [0.4, 0.5) is 0 Å². The van der Waals surface area contributed by atoms with E-state index in [0.717, 1.165) is 0 Å². The lowest BCUT2D eigenvalue weighted by molar-refractivity contribution is 0.824. The van der Waals surface area contributed by atoms with E-state index in [0.29, 0.717) is 0 Å². The highest BCUT2D eigenvalue weighted by Crippen LogP contribution is 2.24. The second-order valence-electron chi connectivity index (χ2n) is 3.71. The van der Waals surface area contributed by atoms with Gasteiger partial charge >= 0.3 is 0 Å². The van der Waals surface area contributed by atoms with Crippen molar-refractivity contribution in [2.45, 2.75) is 25.6 Å². The normalized spacial score (nSPS) is 13.1. The van der Waals surface area contributed by atoms with Gasteiger partial charge < -0.3 is 0 Å². The topological polar surface area (TPSA) is 0 Å². The van der Waals surface area contributed by atoms with E-state index >= 15 is 0 Å². The number of allylic oxidation sites excluding steroid dienone is 1. The van der Waals surface area contributed by atoms with Gasteiger partial charge in [-0.2, -0.15) is 0 Å². The minimum atomic E-state index is -0.254. The van der Waals surface area contributed by atoms with Crippen molar-refractivity contribution in [1.82, 2.24) is 0 Å². The Kier molecular flexibility index (Phi) is 3.16. The van der Waals surface area contributed by atoms with Crippen LogP contribution in [-0.2, 0) is 0 Å². The molecule has 0 saturated heterocycles. The summed E-state index contributed by atoms with van der Waals surface area (Å²) < 4.78 is 0. The predicted octanol–water partition coefficient (Wildman–Crippen LogP) is 4.11. The lowest BCUT2D eigenvalue weighted by Crippen LogP contribution is -2.11. The Bertz CT molecular complexity index is 291. The van der Waals surface area contributed by atoms with Crippen LogP contribution in [0.25, 0.3) is 6.08 Å². The zero-order chi connectivity index (χ0) is 9.90. The summed E-state index contributed by atoms with van der Waals surface area (Å²) in [6, 6.07) is 10.2. The van der Waals surface area contributed by atoms with Crippen LogP contribution in [0, 0.1) is 0 Å². The SMILES string of the molecule is CC(=Cc1ccccc1)C(C)(C)Cl. The zero-order valence-corrected chi connectivity index (χ0v) is 9.10. The smallest absolute Gasteiger partial charge is 0.0599 e. The third-order valence-corrected chi connectivity index (χ3v) is 2.42. The molecule has 0 bridgehead atoms. The molecule has 0 saturated carbocycles. The maximum absolute atomic E-state index is 6.17. The molecule has 0 aliphatic carbocycles. The maximum Gasteiger partial charge on any atom is 0.0599 e. The first-order valence-electron chi connectivity index (χ1n) is 4.43. The highest BCUT2D eigenvalue weighted by atomic mass is 35.5. The molecule has 0 radical (unpaired) electrons. The second kappa shape index (κ2) is 3.97. The molecule has 0 aliphatic rings. The van der Waals surface area contributed by atoms with Crippen LogP contribution < -0.4 is 0 Å². The summed E-state index contributed by atoms with van der Waals surface area (Å²) in [5.74, 6) is 0. The third kappa shape index (κ3) is 3.23. The van der Waals surface area contributed by atoms with Crippen LogP contribution in [0.5, 0.6) is 0 Å². The number of rotatable bonds is 2. The first-order chi connectivity index (χ1) is 6.00. The monoisotopic (exact) mass is 194 g/mol. The Morgan fingerprint density at radius 2 is 1.77 bits per heavy atom. The minimum absolute atomic E-state index is 0.254. The first kappa shape index (κ1) is 10.3. The van der Waals surface area contributed by atoms with Crippen LogP contribution in [-0.4, -0.2) is 4.87 Å². The molecule has 13 heavy (non-hydrogen) atoms. The van der Waals surface area contributed by atoms with Gasteiger partial charge in [-0.15, -0.1) is 11.6 Å². The van der Waals surface area contributed by atoms with Gasteiger partial charge in [-0.25, -0.2) is 0 Å². The fourth-order valence-electron chi connectivity index (χ4n) is 0.971. The number of hydrogen-bond acceptors (Lipinski definition) is 0. The molecule has 0 unspecified atom stereocenters. The van der Waals surface area contributed by atoms with Crippen molar-refractivity contribution in [1.29, 1.82) is 0 Å². The van der Waals surface area contributed by atoms with Crippen LogP contribution in [0.15, 0.2) is 35.9 Å². The predicted molar refractivity (Wildman–Crippen MR) is 60.0 cm³/mol. The van der Waals surface area contributed by atoms with Crippen molar-refractivity contribution in [2.75, 3.05) is 0 Å². The van der Waals surface area contributed by atoms with Crippen LogP contribution in [0.2, 0.25) is 0 Å². The molecule has 0 aliphatic heterocycles. The third-order valence-electron chi connectivity index (χ3n) is 2.12. The Hall–Kier alpha value is -0.750. The Balaban J connectivity index is 2.90. The van der Waals surface area contributed by atoms with E-state index in [2.05, 4.69) is 25.1 Å². The van der Waals surface area contributed by atoms with Crippen molar-refractivity contribution in [3.05, 3.63) is 41.5 Å². The lowest BCUT2D eigenvalue weighted by atomic mass is 10.0. The summed E-state index contributed by atoms with van der Waals surface area (Å²) >= 11 is 6.17. The van der Waals surface area contributed by atoms with Gasteiger partial charge in [-0.05, 0) is 26.3 Å². The summed E-state index contributed by atoms with van der Waals surface area (Å²) in [4.78, 5) is -0.254. The molecule has 0 nitrogen and oxygen atoms in total. The van der Waals surface area contributed by atoms with Crippen LogP contribution >= 0.6 is 11.6 Å². The molecule has 1 heteroatoms. The summed E-state index contributed by atoms with van der Waals surface area (Å²) in [6.07, 6.45) is 2.12. The van der Waals surface area contributed by atoms with Crippen LogP contribution in [0.1, 0.15) is 26.3 Å². The first-order valence-corrected chi connectivity index (χ1v) is 4.80. The standard InChI is InChI=1S/C12H15Cl/c1-10(12(2,3)13)9-11-7-5-4-6-8-11/h4-9H,1-3H3. The van der Waals surface area contributed by atoms with E-state index < -0.39 is 0 Å². The molecule has 0 fully saturated rings. The molecule has 0 heterocycles. The Labute approximate surface area is 85.2 Å². The van der Waals surface area contributed by atoms with Gasteiger partial charge in [-0.3, -0.25) is 0 Å². The second-order valence-corrected chi connectivity index (χ2v) is 4.66. The average molecular weight is 195 g/mol. The van der Waals surface area contributed by atoms with Crippen molar-refractivity contribution < 1.29 is 0 Å². The van der Waals surface area contributed by atoms with Gasteiger partial charge in [0, 0.05) is 0 Å². The van der Waals surface area contributed by atoms with Gasteiger partial charge in [0.2, 0.25) is 0 Å². The maximum atomic E-state index is 6.17. The molecule has 0 aromatic heterocycles. The van der Waals surface area contributed by atoms with E-state index in [9.17, 15) is 0 Å². The molecule has 1 rings (SSSR count). The van der Waals surface area contributed by atoms with E-state index in [-0.39, 0.29) is 4.87 Å². The molecule has 1 aromatic carbocycles. The quantitative estimate of drug-likeness (QED) is 0.622. The van der Waals surface area contributed by atoms with Gasteiger partial charge in [0.1, 0.15) is 0 Å². The fourth-order valence-corrected chi connectivity index (χ4v) is 1.03. The van der Waals surface area contributed by atoms with Gasteiger partial charge in [0.25, 0.3) is 0 Å². The Morgan fingerprint density at radius 1 is 1.23 bits per heavy atom. The average Bonchev–Trinajstić information content (AvgIpc) is 2.04. The summed E-state index contributed by atoms with van der Waals surface area (Å²) in [7, 11) is 0. The van der Waals surface area contributed by atoms with Crippen molar-refractivity contribution >= 4 is 17.7 Å². The molecule has 70 valence electrons. The highest BCUT2D eigenvalue weighted by molar-refractivity contribution is 6.25. The van der Waals surface area contributed by atoms with E-state index in [4.69, 9.17) is 11.6 Å². The highest BCUT2D eigenvalue weighted by Gasteiger charge is 2.14. The molecule has 1 aromatic rings. The lowest BCUT2D eigenvalue weighted by Gasteiger charge is -2.16.